The van der Waals surface area contributed by atoms with E-state index in [4.69, 9.17) is 31.2 Å². The maximum atomic E-state index is 12.5. The van der Waals surface area contributed by atoms with Gasteiger partial charge in [0, 0.05) is 10.9 Å². The molecule has 0 radical (unpaired) electrons. The molecule has 2 aromatic carbocycles. The lowest BCUT2D eigenvalue weighted by Crippen LogP contribution is -2.48. The molecule has 0 bridgehead atoms. The molecule has 1 atom stereocenters. The van der Waals surface area contributed by atoms with E-state index < -0.39 is 18.0 Å². The van der Waals surface area contributed by atoms with Crippen LogP contribution < -0.4 is 30.4 Å². The molecule has 1 aliphatic heterocycles. The van der Waals surface area contributed by atoms with Crippen LogP contribution in [0.2, 0.25) is 0 Å². The highest BCUT2D eigenvalue weighted by Crippen LogP contribution is 2.36. The number of thiophene rings is 1. The summed E-state index contributed by atoms with van der Waals surface area (Å²) < 4.78 is 21.4. The average molecular weight is 514 g/mol. The second-order valence-corrected chi connectivity index (χ2v) is 8.74. The Morgan fingerprint density at radius 3 is 2.63 bits per heavy atom. The molecular formula is C24H23N3O6S2. The van der Waals surface area contributed by atoms with E-state index in [1.54, 1.807) is 38.1 Å². The number of hydrogen-bond acceptors (Lipinski definition) is 8. The Hall–Kier alpha value is -3.83. The Morgan fingerprint density at radius 2 is 1.86 bits per heavy atom. The summed E-state index contributed by atoms with van der Waals surface area (Å²) in [5.41, 5.74) is 6.45. The van der Waals surface area contributed by atoms with Gasteiger partial charge >= 0.3 is 5.97 Å². The fraction of sp³-hybridized carbons (Fsp3) is 0.208. The van der Waals surface area contributed by atoms with E-state index in [2.05, 4.69) is 16.2 Å². The van der Waals surface area contributed by atoms with Gasteiger partial charge in [0.05, 0.1) is 12.2 Å². The number of fused-ring (bicyclic) bond motifs is 1. The van der Waals surface area contributed by atoms with Gasteiger partial charge < -0.3 is 24.3 Å². The fourth-order valence-corrected chi connectivity index (χ4v) is 4.42. The molecule has 0 aliphatic carbocycles. The summed E-state index contributed by atoms with van der Waals surface area (Å²) in [6.45, 7) is 3.74. The zero-order chi connectivity index (χ0) is 24.8. The van der Waals surface area contributed by atoms with Crippen LogP contribution in [0, 0.1) is 0 Å². The van der Waals surface area contributed by atoms with E-state index in [0.29, 0.717) is 27.8 Å². The largest absolute Gasteiger partial charge is 0.481 e. The monoisotopic (exact) mass is 513 g/mol. The number of hydrazine groups is 1. The molecule has 0 fully saturated rings. The van der Waals surface area contributed by atoms with Crippen molar-refractivity contribution in [3.05, 3.63) is 60.2 Å². The summed E-state index contributed by atoms with van der Waals surface area (Å²) in [5, 5.41) is 3.56. The number of esters is 1. The summed E-state index contributed by atoms with van der Waals surface area (Å²) in [5.74, 6) is 0.726. The third-order valence-corrected chi connectivity index (χ3v) is 6.14. The highest BCUT2D eigenvalue weighted by atomic mass is 32.1. The van der Waals surface area contributed by atoms with Gasteiger partial charge in [-0.05, 0) is 49.8 Å². The van der Waals surface area contributed by atoms with Gasteiger partial charge in [-0.15, -0.1) is 11.3 Å². The number of nitrogens with one attached hydrogen (secondary N) is 3. The zero-order valence-corrected chi connectivity index (χ0v) is 20.6. The molecule has 0 spiro atoms. The summed E-state index contributed by atoms with van der Waals surface area (Å²) in [4.78, 5) is 25.8. The second kappa shape index (κ2) is 11.1. The third kappa shape index (κ3) is 6.00. The standard InChI is InChI=1S/C24H23N3O6S2/c1-3-30-23(29)17-12-20(15-7-5-4-6-8-15)35-22(17)25-24(34)27-26-21(28)14(2)33-16-9-10-18-19(11-16)32-13-31-18/h4-12,14H,3,13H2,1-2H3,(H,26,28)(H2,25,27,34)/t14-/m0/s1. The van der Waals surface area contributed by atoms with Crippen molar-refractivity contribution in [3.63, 3.8) is 0 Å². The van der Waals surface area contributed by atoms with Crippen molar-refractivity contribution in [1.82, 2.24) is 10.9 Å². The molecular weight excluding hydrogens is 490 g/mol. The number of hydrogen-bond donors (Lipinski definition) is 3. The Morgan fingerprint density at radius 1 is 1.09 bits per heavy atom. The minimum Gasteiger partial charge on any atom is -0.481 e. The van der Waals surface area contributed by atoms with Crippen molar-refractivity contribution in [2.24, 2.45) is 0 Å². The van der Waals surface area contributed by atoms with Crippen LogP contribution in [0.15, 0.2) is 54.6 Å². The second-order valence-electron chi connectivity index (χ2n) is 7.28. The highest BCUT2D eigenvalue weighted by molar-refractivity contribution is 7.80. The van der Waals surface area contributed by atoms with Crippen molar-refractivity contribution in [2.75, 3.05) is 18.7 Å². The number of benzene rings is 2. The van der Waals surface area contributed by atoms with Gasteiger partial charge in [0.25, 0.3) is 5.91 Å². The van der Waals surface area contributed by atoms with Crippen LogP contribution in [0.1, 0.15) is 24.2 Å². The third-order valence-electron chi connectivity index (χ3n) is 4.84. The van der Waals surface area contributed by atoms with E-state index in [1.165, 1.54) is 11.3 Å². The highest BCUT2D eigenvalue weighted by Gasteiger charge is 2.21. The Kier molecular flexibility index (Phi) is 7.68. The first-order chi connectivity index (χ1) is 16.9. The zero-order valence-electron chi connectivity index (χ0n) is 19.0. The van der Waals surface area contributed by atoms with Gasteiger partial charge in [-0.3, -0.25) is 15.6 Å². The van der Waals surface area contributed by atoms with Crippen LogP contribution in [0.25, 0.3) is 10.4 Å². The van der Waals surface area contributed by atoms with Crippen molar-refractivity contribution in [2.45, 2.75) is 20.0 Å². The fourth-order valence-electron chi connectivity index (χ4n) is 3.15. The maximum absolute atomic E-state index is 12.5. The Balaban J connectivity index is 1.36. The van der Waals surface area contributed by atoms with Gasteiger partial charge in [-0.1, -0.05) is 30.3 Å². The number of carbonyl (C=O) groups is 2. The van der Waals surface area contributed by atoms with E-state index in [-0.39, 0.29) is 18.5 Å². The molecule has 3 N–H and O–H groups in total. The van der Waals surface area contributed by atoms with Crippen LogP contribution in [0.4, 0.5) is 5.00 Å². The predicted molar refractivity (Wildman–Crippen MR) is 136 cm³/mol. The summed E-state index contributed by atoms with van der Waals surface area (Å²) in [7, 11) is 0. The average Bonchev–Trinajstić information content (AvgIpc) is 3.50. The quantitative estimate of drug-likeness (QED) is 0.244. The number of amides is 1. The first-order valence-electron chi connectivity index (χ1n) is 10.7. The van der Waals surface area contributed by atoms with E-state index in [9.17, 15) is 9.59 Å². The minimum absolute atomic E-state index is 0.0978. The molecule has 0 saturated heterocycles. The lowest BCUT2D eigenvalue weighted by molar-refractivity contribution is -0.127. The molecule has 0 saturated carbocycles. The topological polar surface area (TPSA) is 107 Å². The molecule has 9 nitrogen and oxygen atoms in total. The molecule has 182 valence electrons. The van der Waals surface area contributed by atoms with Gasteiger partial charge in [0.15, 0.2) is 22.7 Å². The first-order valence-corrected chi connectivity index (χ1v) is 12.0. The molecule has 11 heteroatoms. The Bertz CT molecular complexity index is 1230. The summed E-state index contributed by atoms with van der Waals surface area (Å²) in [6, 6.07) is 16.5. The van der Waals surface area contributed by atoms with Gasteiger partial charge in [0.2, 0.25) is 6.79 Å². The molecule has 3 aromatic rings. The SMILES string of the molecule is CCOC(=O)c1cc(-c2ccccc2)sc1NC(=S)NNC(=O)[C@H](C)Oc1ccc2c(c1)OCO2. The number of thiocarbonyl (C=S) groups is 1. The molecule has 1 aliphatic rings. The molecule has 35 heavy (non-hydrogen) atoms. The lowest BCUT2D eigenvalue weighted by atomic mass is 10.1. The minimum atomic E-state index is -0.827. The lowest BCUT2D eigenvalue weighted by Gasteiger charge is -2.16. The van der Waals surface area contributed by atoms with E-state index in [1.807, 2.05) is 30.3 Å². The van der Waals surface area contributed by atoms with Crippen molar-refractivity contribution in [3.8, 4) is 27.7 Å². The molecule has 0 unspecified atom stereocenters. The van der Waals surface area contributed by atoms with Crippen molar-refractivity contribution in [1.29, 1.82) is 0 Å². The molecule has 1 amide bonds. The molecule has 1 aromatic heterocycles. The smallest absolute Gasteiger partial charge is 0.341 e. The maximum Gasteiger partial charge on any atom is 0.341 e. The van der Waals surface area contributed by atoms with E-state index in [0.717, 1.165) is 10.4 Å². The van der Waals surface area contributed by atoms with Crippen molar-refractivity contribution >= 4 is 45.5 Å². The van der Waals surface area contributed by atoms with Gasteiger partial charge in [0.1, 0.15) is 10.8 Å². The van der Waals surface area contributed by atoms with E-state index >= 15 is 0 Å². The van der Waals surface area contributed by atoms with Crippen LogP contribution >= 0.6 is 23.6 Å². The van der Waals surface area contributed by atoms with Crippen LogP contribution in [0.5, 0.6) is 17.2 Å². The Labute approximate surface area is 211 Å². The van der Waals surface area contributed by atoms with Gasteiger partial charge in [-0.2, -0.15) is 0 Å². The normalized spacial score (nSPS) is 12.4. The summed E-state index contributed by atoms with van der Waals surface area (Å²) >= 11 is 6.66. The van der Waals surface area contributed by atoms with Crippen LogP contribution in [-0.4, -0.2) is 36.5 Å². The van der Waals surface area contributed by atoms with Crippen LogP contribution in [0.3, 0.4) is 0 Å². The number of anilines is 1. The number of ether oxygens (including phenoxy) is 4. The predicted octanol–water partition coefficient (Wildman–Crippen LogP) is 4.11. The molecule has 2 heterocycles. The van der Waals surface area contributed by atoms with Crippen LogP contribution in [-0.2, 0) is 9.53 Å². The number of rotatable bonds is 7. The summed E-state index contributed by atoms with van der Waals surface area (Å²) in [6.07, 6.45) is -0.827. The number of carbonyl (C=O) groups excluding carboxylic acids is 2. The van der Waals surface area contributed by atoms with Gasteiger partial charge in [-0.25, -0.2) is 4.79 Å². The first kappa shape index (κ1) is 24.3. The van der Waals surface area contributed by atoms with Crippen molar-refractivity contribution < 1.29 is 28.5 Å². The molecule has 4 rings (SSSR count).